The van der Waals surface area contributed by atoms with E-state index in [0.29, 0.717) is 0 Å². The third-order valence-electron chi connectivity index (χ3n) is 3.73. The van der Waals surface area contributed by atoms with Gasteiger partial charge in [0.15, 0.2) is 0 Å². The average Bonchev–Trinajstić information content (AvgIpc) is 2.54. The molecule has 1 aliphatic rings. The molecule has 1 aromatic heterocycles. The molecule has 2 heterocycles. The van der Waals surface area contributed by atoms with Crippen molar-refractivity contribution in [2.45, 2.75) is 44.6 Å². The van der Waals surface area contributed by atoms with Crippen molar-refractivity contribution in [1.29, 1.82) is 0 Å². The Kier molecular flexibility index (Phi) is 4.45. The summed E-state index contributed by atoms with van der Waals surface area (Å²) in [5, 5.41) is 4.53. The molecule has 0 aliphatic carbocycles. The fourth-order valence-corrected chi connectivity index (χ4v) is 3.31. The lowest BCUT2D eigenvalue weighted by Crippen LogP contribution is -2.42. The van der Waals surface area contributed by atoms with E-state index in [2.05, 4.69) is 28.0 Å². The first kappa shape index (κ1) is 14.0. The first-order valence-electron chi connectivity index (χ1n) is 6.62. The number of ether oxygens (including phenoxy) is 1. The molecule has 1 fully saturated rings. The highest BCUT2D eigenvalue weighted by molar-refractivity contribution is 9.10. The number of hydrogen-bond acceptors (Lipinski definition) is 3. The molecule has 0 amide bonds. The highest BCUT2D eigenvalue weighted by Gasteiger charge is 2.29. The van der Waals surface area contributed by atoms with Crippen LogP contribution in [-0.4, -0.2) is 28.5 Å². The maximum absolute atomic E-state index is 6.54. The Morgan fingerprint density at radius 3 is 2.89 bits per heavy atom. The van der Waals surface area contributed by atoms with E-state index in [9.17, 15) is 0 Å². The molecule has 1 aromatic rings. The van der Waals surface area contributed by atoms with Crippen LogP contribution >= 0.6 is 15.9 Å². The lowest BCUT2D eigenvalue weighted by atomic mass is 9.87. The van der Waals surface area contributed by atoms with E-state index in [1.54, 1.807) is 0 Å². The number of aromatic nitrogens is 2. The standard InChI is InChI=1S/C13H22BrN3O/c1-3-10-12(14)11(17(2)16-10)9-13(15)5-4-7-18-8-6-13/h3-9,15H2,1-2H3. The van der Waals surface area contributed by atoms with Gasteiger partial charge >= 0.3 is 0 Å². The van der Waals surface area contributed by atoms with Crippen LogP contribution in [0.25, 0.3) is 0 Å². The fraction of sp³-hybridized carbons (Fsp3) is 0.769. The Hall–Kier alpha value is -0.390. The van der Waals surface area contributed by atoms with Crippen molar-refractivity contribution >= 4 is 15.9 Å². The Balaban J connectivity index is 2.19. The van der Waals surface area contributed by atoms with E-state index in [-0.39, 0.29) is 5.54 Å². The van der Waals surface area contributed by atoms with E-state index in [1.807, 2.05) is 11.7 Å². The molecule has 0 radical (unpaired) electrons. The monoisotopic (exact) mass is 315 g/mol. The second kappa shape index (κ2) is 5.72. The molecule has 1 atom stereocenters. The minimum atomic E-state index is -0.155. The average molecular weight is 316 g/mol. The first-order chi connectivity index (χ1) is 8.56. The summed E-state index contributed by atoms with van der Waals surface area (Å²) >= 11 is 3.66. The van der Waals surface area contributed by atoms with Crippen LogP contribution in [0.2, 0.25) is 0 Å². The van der Waals surface area contributed by atoms with E-state index < -0.39 is 0 Å². The molecule has 1 saturated heterocycles. The van der Waals surface area contributed by atoms with Crippen LogP contribution < -0.4 is 5.73 Å². The lowest BCUT2D eigenvalue weighted by Gasteiger charge is -2.27. The van der Waals surface area contributed by atoms with Crippen LogP contribution in [0.3, 0.4) is 0 Å². The maximum Gasteiger partial charge on any atom is 0.0766 e. The van der Waals surface area contributed by atoms with Crippen molar-refractivity contribution in [3.05, 3.63) is 15.9 Å². The van der Waals surface area contributed by atoms with Crippen LogP contribution in [-0.2, 0) is 24.6 Å². The zero-order valence-electron chi connectivity index (χ0n) is 11.2. The van der Waals surface area contributed by atoms with Crippen molar-refractivity contribution in [3.8, 4) is 0 Å². The van der Waals surface area contributed by atoms with Gasteiger partial charge in [-0.1, -0.05) is 6.92 Å². The zero-order valence-corrected chi connectivity index (χ0v) is 12.8. The third kappa shape index (κ3) is 2.95. The number of rotatable bonds is 3. The van der Waals surface area contributed by atoms with Crippen LogP contribution in [0.1, 0.15) is 37.6 Å². The summed E-state index contributed by atoms with van der Waals surface area (Å²) in [5.74, 6) is 0. The Morgan fingerprint density at radius 2 is 2.22 bits per heavy atom. The van der Waals surface area contributed by atoms with Crippen LogP contribution in [0.5, 0.6) is 0 Å². The van der Waals surface area contributed by atoms with Gasteiger partial charge in [0, 0.05) is 32.2 Å². The summed E-state index contributed by atoms with van der Waals surface area (Å²) in [7, 11) is 2.00. The van der Waals surface area contributed by atoms with Gasteiger partial charge in [0.25, 0.3) is 0 Å². The van der Waals surface area contributed by atoms with Gasteiger partial charge in [-0.25, -0.2) is 0 Å². The Labute approximate surface area is 117 Å². The van der Waals surface area contributed by atoms with Gasteiger partial charge in [-0.05, 0) is 41.6 Å². The molecule has 0 bridgehead atoms. The largest absolute Gasteiger partial charge is 0.381 e. The van der Waals surface area contributed by atoms with Gasteiger partial charge < -0.3 is 10.5 Å². The number of aryl methyl sites for hydroxylation is 2. The molecule has 0 aromatic carbocycles. The Bertz CT molecular complexity index is 409. The SMILES string of the molecule is CCc1nn(C)c(CC2(N)CCCOCC2)c1Br. The van der Waals surface area contributed by atoms with Crippen molar-refractivity contribution in [2.75, 3.05) is 13.2 Å². The number of hydrogen-bond donors (Lipinski definition) is 1. The smallest absolute Gasteiger partial charge is 0.0766 e. The fourth-order valence-electron chi connectivity index (χ4n) is 2.55. The van der Waals surface area contributed by atoms with Crippen molar-refractivity contribution in [1.82, 2.24) is 9.78 Å². The van der Waals surface area contributed by atoms with Gasteiger partial charge in [0.05, 0.1) is 15.9 Å². The van der Waals surface area contributed by atoms with Crippen molar-refractivity contribution < 1.29 is 4.74 Å². The zero-order chi connectivity index (χ0) is 13.2. The molecule has 2 N–H and O–H groups in total. The third-order valence-corrected chi connectivity index (χ3v) is 4.65. The molecule has 4 nitrogen and oxygen atoms in total. The van der Waals surface area contributed by atoms with Crippen molar-refractivity contribution in [2.24, 2.45) is 12.8 Å². The topological polar surface area (TPSA) is 53.1 Å². The number of nitrogens with zero attached hydrogens (tertiary/aromatic N) is 2. The van der Waals surface area contributed by atoms with Crippen LogP contribution in [0.15, 0.2) is 4.47 Å². The summed E-state index contributed by atoms with van der Waals surface area (Å²) in [6, 6.07) is 0. The highest BCUT2D eigenvalue weighted by atomic mass is 79.9. The van der Waals surface area contributed by atoms with Crippen molar-refractivity contribution in [3.63, 3.8) is 0 Å². The van der Waals surface area contributed by atoms with Crippen LogP contribution in [0.4, 0.5) is 0 Å². The summed E-state index contributed by atoms with van der Waals surface area (Å²) < 4.78 is 8.59. The molecule has 1 unspecified atom stereocenters. The maximum atomic E-state index is 6.54. The first-order valence-corrected chi connectivity index (χ1v) is 7.42. The molecule has 18 heavy (non-hydrogen) atoms. The molecular weight excluding hydrogens is 294 g/mol. The predicted octanol–water partition coefficient (Wildman–Crippen LogP) is 2.19. The van der Waals surface area contributed by atoms with E-state index in [1.165, 1.54) is 5.69 Å². The minimum absolute atomic E-state index is 0.155. The molecule has 5 heteroatoms. The Morgan fingerprint density at radius 1 is 1.44 bits per heavy atom. The number of nitrogens with two attached hydrogens (primary N) is 1. The second-order valence-electron chi connectivity index (χ2n) is 5.19. The predicted molar refractivity (Wildman–Crippen MR) is 75.6 cm³/mol. The van der Waals surface area contributed by atoms with Gasteiger partial charge in [-0.15, -0.1) is 0 Å². The van der Waals surface area contributed by atoms with Crippen LogP contribution in [0, 0.1) is 0 Å². The molecule has 1 aliphatic heterocycles. The normalized spacial score (nSPS) is 25.1. The van der Waals surface area contributed by atoms with E-state index in [4.69, 9.17) is 10.5 Å². The quantitative estimate of drug-likeness (QED) is 0.930. The summed E-state index contributed by atoms with van der Waals surface area (Å²) in [6.45, 7) is 3.73. The van der Waals surface area contributed by atoms with E-state index >= 15 is 0 Å². The molecule has 0 spiro atoms. The summed E-state index contributed by atoms with van der Waals surface area (Å²) in [6.07, 6.45) is 4.79. The van der Waals surface area contributed by atoms with Gasteiger partial charge in [0.2, 0.25) is 0 Å². The molecule has 2 rings (SSSR count). The number of halogens is 1. The van der Waals surface area contributed by atoms with E-state index in [0.717, 1.165) is 55.5 Å². The lowest BCUT2D eigenvalue weighted by molar-refractivity contribution is 0.139. The minimum Gasteiger partial charge on any atom is -0.381 e. The van der Waals surface area contributed by atoms with Gasteiger partial charge in [0.1, 0.15) is 0 Å². The highest BCUT2D eigenvalue weighted by Crippen LogP contribution is 2.29. The molecule has 0 saturated carbocycles. The van der Waals surface area contributed by atoms with Gasteiger partial charge in [-0.2, -0.15) is 5.10 Å². The summed E-state index contributed by atoms with van der Waals surface area (Å²) in [5.41, 5.74) is 8.70. The summed E-state index contributed by atoms with van der Waals surface area (Å²) in [4.78, 5) is 0. The second-order valence-corrected chi connectivity index (χ2v) is 5.98. The molecular formula is C13H22BrN3O. The van der Waals surface area contributed by atoms with Gasteiger partial charge in [-0.3, -0.25) is 4.68 Å². The molecule has 102 valence electrons.